The van der Waals surface area contributed by atoms with Crippen LogP contribution >= 0.6 is 11.3 Å². The number of benzene rings is 3. The lowest BCUT2D eigenvalue weighted by Gasteiger charge is -2.16. The summed E-state index contributed by atoms with van der Waals surface area (Å²) in [5.41, 5.74) is 3.51. The van der Waals surface area contributed by atoms with Gasteiger partial charge in [0.1, 0.15) is 5.75 Å². The Morgan fingerprint density at radius 2 is 1.76 bits per heavy atom. The van der Waals surface area contributed by atoms with Crippen LogP contribution in [0.3, 0.4) is 0 Å². The van der Waals surface area contributed by atoms with Gasteiger partial charge >= 0.3 is 5.97 Å². The summed E-state index contributed by atoms with van der Waals surface area (Å²) in [7, 11) is 0. The van der Waals surface area contributed by atoms with Gasteiger partial charge < -0.3 is 9.47 Å². The van der Waals surface area contributed by atoms with Gasteiger partial charge in [0.2, 0.25) is 0 Å². The fourth-order valence-corrected chi connectivity index (χ4v) is 4.74. The first-order chi connectivity index (χ1) is 16.1. The number of fused-ring (bicyclic) bond motifs is 1. The summed E-state index contributed by atoms with van der Waals surface area (Å²) in [5.74, 6) is 0.485. The fourth-order valence-electron chi connectivity index (χ4n) is 4.00. The number of thiophene rings is 1. The van der Waals surface area contributed by atoms with Crippen LogP contribution in [0.2, 0.25) is 0 Å². The third-order valence-electron chi connectivity index (χ3n) is 5.77. The molecule has 0 amide bonds. The molecule has 0 N–H and O–H groups in total. The molecule has 0 bridgehead atoms. The highest BCUT2D eigenvalue weighted by atomic mass is 32.1. The van der Waals surface area contributed by atoms with Crippen molar-refractivity contribution in [3.05, 3.63) is 99.7 Å². The minimum absolute atomic E-state index is 0.165. The van der Waals surface area contributed by atoms with Crippen molar-refractivity contribution in [2.24, 2.45) is 5.92 Å². The number of rotatable bonds is 10. The molecule has 4 aromatic rings. The van der Waals surface area contributed by atoms with Crippen LogP contribution in [-0.4, -0.2) is 19.2 Å². The van der Waals surface area contributed by atoms with E-state index in [1.165, 1.54) is 26.8 Å². The van der Waals surface area contributed by atoms with Crippen LogP contribution in [-0.2, 0) is 28.8 Å². The maximum atomic E-state index is 12.2. The van der Waals surface area contributed by atoms with Crippen LogP contribution in [0, 0.1) is 5.92 Å². The van der Waals surface area contributed by atoms with Gasteiger partial charge in [-0.25, -0.2) is 0 Å². The largest absolute Gasteiger partial charge is 0.493 e. The standard InChI is InChI=1S/C29H30O3S/c1-3-31-29(30)21(2)17-26-13-11-23(19-27-9-6-16-33-27)20-28(26)32-15-14-22-10-12-24-7-4-5-8-25(24)18-22/h4-13,16,18,20-21H,3,14-15,17,19H2,1-2H3. The summed E-state index contributed by atoms with van der Waals surface area (Å²) in [6, 6.07) is 25.6. The maximum absolute atomic E-state index is 12.2. The van der Waals surface area contributed by atoms with Gasteiger partial charge in [-0.1, -0.05) is 67.6 Å². The van der Waals surface area contributed by atoms with Gasteiger partial charge in [-0.05, 0) is 58.3 Å². The van der Waals surface area contributed by atoms with E-state index in [2.05, 4.69) is 78.2 Å². The third-order valence-corrected chi connectivity index (χ3v) is 6.64. The molecule has 4 rings (SSSR count). The second kappa shape index (κ2) is 11.2. The van der Waals surface area contributed by atoms with Crippen LogP contribution in [0.1, 0.15) is 35.4 Å². The molecular weight excluding hydrogens is 428 g/mol. The molecule has 1 aromatic heterocycles. The summed E-state index contributed by atoms with van der Waals surface area (Å²) in [5, 5.41) is 4.60. The predicted octanol–water partition coefficient (Wildman–Crippen LogP) is 6.86. The fraction of sp³-hybridized carbons (Fsp3) is 0.276. The van der Waals surface area contributed by atoms with Gasteiger partial charge in [0.05, 0.1) is 19.1 Å². The Bertz CT molecular complexity index is 1200. The minimum atomic E-state index is -0.212. The highest BCUT2D eigenvalue weighted by molar-refractivity contribution is 7.09. The molecule has 0 aliphatic heterocycles. The summed E-state index contributed by atoms with van der Waals surface area (Å²) in [4.78, 5) is 13.5. The molecule has 4 heteroatoms. The van der Waals surface area contributed by atoms with Crippen LogP contribution in [0.15, 0.2) is 78.2 Å². The lowest BCUT2D eigenvalue weighted by molar-refractivity contribution is -0.147. The monoisotopic (exact) mass is 458 g/mol. The van der Waals surface area contributed by atoms with Crippen molar-refractivity contribution in [3.63, 3.8) is 0 Å². The molecule has 0 aliphatic rings. The van der Waals surface area contributed by atoms with Crippen molar-refractivity contribution in [3.8, 4) is 5.75 Å². The van der Waals surface area contributed by atoms with Crippen molar-refractivity contribution in [1.29, 1.82) is 0 Å². The van der Waals surface area contributed by atoms with E-state index >= 15 is 0 Å². The van der Waals surface area contributed by atoms with Gasteiger partial charge in [-0.2, -0.15) is 0 Å². The molecule has 1 unspecified atom stereocenters. The van der Waals surface area contributed by atoms with E-state index in [0.717, 1.165) is 24.2 Å². The molecule has 0 spiro atoms. The second-order valence-corrected chi connectivity index (χ2v) is 9.37. The van der Waals surface area contributed by atoms with E-state index in [0.29, 0.717) is 19.6 Å². The molecular formula is C29H30O3S. The van der Waals surface area contributed by atoms with Gasteiger partial charge in [0, 0.05) is 17.7 Å². The number of carbonyl (C=O) groups excluding carboxylic acids is 1. The molecule has 0 saturated heterocycles. The van der Waals surface area contributed by atoms with Crippen LogP contribution < -0.4 is 4.74 Å². The quantitative estimate of drug-likeness (QED) is 0.244. The van der Waals surface area contributed by atoms with Crippen molar-refractivity contribution in [2.45, 2.75) is 33.1 Å². The van der Waals surface area contributed by atoms with Gasteiger partial charge in [-0.3, -0.25) is 4.79 Å². The van der Waals surface area contributed by atoms with E-state index in [9.17, 15) is 4.79 Å². The summed E-state index contributed by atoms with van der Waals surface area (Å²) in [6.45, 7) is 4.74. The topological polar surface area (TPSA) is 35.5 Å². The van der Waals surface area contributed by atoms with Crippen LogP contribution in [0.25, 0.3) is 10.8 Å². The molecule has 170 valence electrons. The predicted molar refractivity (Wildman–Crippen MR) is 136 cm³/mol. The van der Waals surface area contributed by atoms with Crippen molar-refractivity contribution >= 4 is 28.1 Å². The Hall–Kier alpha value is -3.11. The number of carbonyl (C=O) groups is 1. The van der Waals surface area contributed by atoms with Gasteiger partial charge in [0.25, 0.3) is 0 Å². The molecule has 3 aromatic carbocycles. The number of esters is 1. The Kier molecular flexibility index (Phi) is 7.79. The second-order valence-electron chi connectivity index (χ2n) is 8.34. The summed E-state index contributed by atoms with van der Waals surface area (Å²) in [6.07, 6.45) is 2.31. The summed E-state index contributed by atoms with van der Waals surface area (Å²) >= 11 is 1.76. The lowest BCUT2D eigenvalue weighted by Crippen LogP contribution is -2.17. The normalized spacial score (nSPS) is 11.9. The van der Waals surface area contributed by atoms with E-state index in [-0.39, 0.29) is 11.9 Å². The first kappa shape index (κ1) is 23.1. The Morgan fingerprint density at radius 1 is 0.939 bits per heavy atom. The molecule has 3 nitrogen and oxygen atoms in total. The molecule has 0 saturated carbocycles. The average molecular weight is 459 g/mol. The molecule has 33 heavy (non-hydrogen) atoms. The smallest absolute Gasteiger partial charge is 0.308 e. The maximum Gasteiger partial charge on any atom is 0.308 e. The Labute approximate surface area is 200 Å². The van der Waals surface area contributed by atoms with Gasteiger partial charge in [-0.15, -0.1) is 11.3 Å². The van der Waals surface area contributed by atoms with Crippen LogP contribution in [0.4, 0.5) is 0 Å². The van der Waals surface area contributed by atoms with E-state index in [1.807, 2.05) is 13.8 Å². The molecule has 0 fully saturated rings. The highest BCUT2D eigenvalue weighted by Gasteiger charge is 2.17. The summed E-state index contributed by atoms with van der Waals surface area (Å²) < 4.78 is 11.5. The molecule has 0 radical (unpaired) electrons. The van der Waals surface area contributed by atoms with Crippen molar-refractivity contribution in [1.82, 2.24) is 0 Å². The first-order valence-corrected chi connectivity index (χ1v) is 12.4. The van der Waals surface area contributed by atoms with E-state index in [1.54, 1.807) is 11.3 Å². The minimum Gasteiger partial charge on any atom is -0.493 e. The number of hydrogen-bond donors (Lipinski definition) is 0. The number of ether oxygens (including phenoxy) is 2. The lowest BCUT2D eigenvalue weighted by atomic mass is 9.98. The third kappa shape index (κ3) is 6.23. The SMILES string of the molecule is CCOC(=O)C(C)Cc1ccc(Cc2cccs2)cc1OCCc1ccc2ccccc2c1. The highest BCUT2D eigenvalue weighted by Crippen LogP contribution is 2.27. The van der Waals surface area contributed by atoms with Crippen molar-refractivity contribution < 1.29 is 14.3 Å². The van der Waals surface area contributed by atoms with E-state index < -0.39 is 0 Å². The zero-order valence-corrected chi connectivity index (χ0v) is 20.1. The number of hydrogen-bond acceptors (Lipinski definition) is 4. The molecule has 1 atom stereocenters. The van der Waals surface area contributed by atoms with Gasteiger partial charge in [0.15, 0.2) is 0 Å². The zero-order chi connectivity index (χ0) is 23.0. The van der Waals surface area contributed by atoms with Crippen LogP contribution in [0.5, 0.6) is 5.75 Å². The average Bonchev–Trinajstić information content (AvgIpc) is 3.33. The zero-order valence-electron chi connectivity index (χ0n) is 19.3. The molecule has 1 heterocycles. The molecule has 0 aliphatic carbocycles. The van der Waals surface area contributed by atoms with E-state index in [4.69, 9.17) is 9.47 Å². The van der Waals surface area contributed by atoms with Crippen molar-refractivity contribution in [2.75, 3.05) is 13.2 Å². The Morgan fingerprint density at radius 3 is 2.55 bits per heavy atom. The first-order valence-electron chi connectivity index (χ1n) is 11.5. The Balaban J connectivity index is 1.48.